The molecule has 1 saturated heterocycles. The van der Waals surface area contributed by atoms with Crippen LogP contribution in [0.25, 0.3) is 0 Å². The zero-order valence-corrected chi connectivity index (χ0v) is 15.2. The summed E-state index contributed by atoms with van der Waals surface area (Å²) in [6.07, 6.45) is -1.32. The summed E-state index contributed by atoms with van der Waals surface area (Å²) in [7, 11) is 0. The van der Waals surface area contributed by atoms with Crippen LogP contribution in [0, 0.1) is 5.92 Å². The molecule has 8 heteroatoms. The minimum Gasteiger partial charge on any atom is -0.381 e. The van der Waals surface area contributed by atoms with E-state index in [1.165, 1.54) is 12.1 Å². The maximum absolute atomic E-state index is 12.9. The molecule has 0 radical (unpaired) electrons. The van der Waals surface area contributed by atoms with Gasteiger partial charge in [-0.2, -0.15) is 13.2 Å². The first-order valence-corrected chi connectivity index (χ1v) is 8.61. The Balaban J connectivity index is 0.00000243. The highest BCUT2D eigenvalue weighted by Gasteiger charge is 2.45. The number of benzene rings is 1. The molecule has 0 spiro atoms. The van der Waals surface area contributed by atoms with E-state index in [4.69, 9.17) is 10.5 Å². The molecule has 0 bridgehead atoms. The van der Waals surface area contributed by atoms with Gasteiger partial charge >= 0.3 is 6.18 Å². The summed E-state index contributed by atoms with van der Waals surface area (Å²) >= 11 is 0. The molecule has 2 aliphatic rings. The lowest BCUT2D eigenvalue weighted by atomic mass is 9.91. The fourth-order valence-corrected chi connectivity index (χ4v) is 3.41. The number of alkyl halides is 3. The molecule has 1 aromatic rings. The zero-order valence-electron chi connectivity index (χ0n) is 14.3. The Morgan fingerprint density at radius 2 is 1.96 bits per heavy atom. The lowest BCUT2D eigenvalue weighted by Crippen LogP contribution is -2.48. The number of hydrogen-bond donors (Lipinski definition) is 2. The van der Waals surface area contributed by atoms with Crippen LogP contribution in [0.2, 0.25) is 0 Å². The third-order valence-corrected chi connectivity index (χ3v) is 5.33. The number of ether oxygens (including phenoxy) is 1. The van der Waals surface area contributed by atoms with Gasteiger partial charge in [0.25, 0.3) is 0 Å². The molecule has 1 aromatic carbocycles. The van der Waals surface area contributed by atoms with Gasteiger partial charge in [-0.3, -0.25) is 4.79 Å². The Hall–Kier alpha value is -1.31. The molecule has 2 fully saturated rings. The monoisotopic (exact) mass is 392 g/mol. The number of halogens is 4. The molecule has 4 nitrogen and oxygen atoms in total. The van der Waals surface area contributed by atoms with Gasteiger partial charge in [0.1, 0.15) is 0 Å². The van der Waals surface area contributed by atoms with Gasteiger partial charge in [-0.25, -0.2) is 0 Å². The Morgan fingerprint density at radius 3 is 2.54 bits per heavy atom. The number of amides is 1. The maximum atomic E-state index is 12.9. The quantitative estimate of drug-likeness (QED) is 0.809. The van der Waals surface area contributed by atoms with Crippen molar-refractivity contribution in [1.82, 2.24) is 5.32 Å². The summed E-state index contributed by atoms with van der Waals surface area (Å²) in [5, 5.41) is 2.85. The van der Waals surface area contributed by atoms with E-state index in [0.717, 1.165) is 31.7 Å². The lowest BCUT2D eigenvalue weighted by Gasteiger charge is -2.27. The van der Waals surface area contributed by atoms with E-state index in [2.05, 4.69) is 5.32 Å². The smallest absolute Gasteiger partial charge is 0.381 e. The van der Waals surface area contributed by atoms with Crippen LogP contribution in [0.3, 0.4) is 0 Å². The SMILES string of the molecule is Cl.NC(C(=O)NCC1(c2cccc(C(F)(F)F)c2)CC1)C1CCOCC1. The van der Waals surface area contributed by atoms with E-state index in [-0.39, 0.29) is 24.2 Å². The highest BCUT2D eigenvalue weighted by atomic mass is 35.5. The molecule has 146 valence electrons. The summed E-state index contributed by atoms with van der Waals surface area (Å²) in [4.78, 5) is 12.3. The van der Waals surface area contributed by atoms with E-state index in [9.17, 15) is 18.0 Å². The average Bonchev–Trinajstić information content (AvgIpc) is 3.40. The number of carbonyl (C=O) groups excluding carboxylic acids is 1. The molecular weight excluding hydrogens is 369 g/mol. The van der Waals surface area contributed by atoms with Gasteiger partial charge in [0.05, 0.1) is 11.6 Å². The highest BCUT2D eigenvalue weighted by molar-refractivity contribution is 5.85. The summed E-state index contributed by atoms with van der Waals surface area (Å²) in [6.45, 7) is 1.55. The van der Waals surface area contributed by atoms with Crippen molar-refractivity contribution in [3.8, 4) is 0 Å². The van der Waals surface area contributed by atoms with Crippen LogP contribution in [-0.4, -0.2) is 31.7 Å². The van der Waals surface area contributed by atoms with E-state index >= 15 is 0 Å². The molecule has 1 aliphatic heterocycles. The predicted octanol–water partition coefficient (Wildman–Crippen LogP) is 3.03. The second-order valence-corrected chi connectivity index (χ2v) is 7.05. The fraction of sp³-hybridized carbons (Fsp3) is 0.611. The van der Waals surface area contributed by atoms with Gasteiger partial charge in [0, 0.05) is 25.2 Å². The topological polar surface area (TPSA) is 64.4 Å². The molecule has 1 atom stereocenters. The van der Waals surface area contributed by atoms with Gasteiger partial charge < -0.3 is 15.8 Å². The van der Waals surface area contributed by atoms with E-state index in [0.29, 0.717) is 25.3 Å². The second-order valence-electron chi connectivity index (χ2n) is 7.05. The third-order valence-electron chi connectivity index (χ3n) is 5.33. The first-order chi connectivity index (χ1) is 11.8. The van der Waals surface area contributed by atoms with Crippen molar-refractivity contribution in [1.29, 1.82) is 0 Å². The molecule has 1 heterocycles. The van der Waals surface area contributed by atoms with Crippen molar-refractivity contribution in [3.05, 3.63) is 35.4 Å². The third kappa shape index (κ3) is 4.69. The highest BCUT2D eigenvalue weighted by Crippen LogP contribution is 2.48. The summed E-state index contributed by atoms with van der Waals surface area (Å²) in [5.41, 5.74) is 5.62. The van der Waals surface area contributed by atoms with Gasteiger partial charge in [-0.05, 0) is 43.2 Å². The van der Waals surface area contributed by atoms with Crippen molar-refractivity contribution in [2.24, 2.45) is 11.7 Å². The van der Waals surface area contributed by atoms with Crippen LogP contribution < -0.4 is 11.1 Å². The maximum Gasteiger partial charge on any atom is 0.416 e. The van der Waals surface area contributed by atoms with E-state index < -0.39 is 23.2 Å². The van der Waals surface area contributed by atoms with Crippen LogP contribution in [0.4, 0.5) is 13.2 Å². The van der Waals surface area contributed by atoms with Gasteiger partial charge in [0.15, 0.2) is 0 Å². The lowest BCUT2D eigenvalue weighted by molar-refractivity contribution is -0.137. The Kier molecular flexibility index (Phi) is 6.58. The average molecular weight is 393 g/mol. The van der Waals surface area contributed by atoms with Gasteiger partial charge in [-0.1, -0.05) is 18.2 Å². The first kappa shape index (κ1) is 21.0. The molecule has 0 aromatic heterocycles. The molecule has 1 aliphatic carbocycles. The minimum atomic E-state index is -4.36. The second kappa shape index (κ2) is 8.15. The molecule has 1 unspecified atom stereocenters. The molecular formula is C18H24ClF3N2O2. The molecule has 1 saturated carbocycles. The van der Waals surface area contributed by atoms with Gasteiger partial charge in [-0.15, -0.1) is 12.4 Å². The van der Waals surface area contributed by atoms with Crippen molar-refractivity contribution >= 4 is 18.3 Å². The standard InChI is InChI=1S/C18H23F3N2O2.ClH/c19-18(20,21)14-3-1-2-13(10-14)17(6-7-17)11-23-16(24)15(22)12-4-8-25-9-5-12;/h1-3,10,12,15H,4-9,11,22H2,(H,23,24);1H. The van der Waals surface area contributed by atoms with Gasteiger partial charge in [0.2, 0.25) is 5.91 Å². The van der Waals surface area contributed by atoms with Crippen molar-refractivity contribution < 1.29 is 22.7 Å². The number of hydrogen-bond acceptors (Lipinski definition) is 3. The number of rotatable bonds is 5. The molecule has 26 heavy (non-hydrogen) atoms. The normalized spacial score (nSPS) is 20.8. The molecule has 3 N–H and O–H groups in total. The summed E-state index contributed by atoms with van der Waals surface area (Å²) in [6, 6.07) is 4.79. The summed E-state index contributed by atoms with van der Waals surface area (Å²) in [5.74, 6) is -0.136. The Labute approximate surface area is 157 Å². The van der Waals surface area contributed by atoms with Crippen molar-refractivity contribution in [2.75, 3.05) is 19.8 Å². The Morgan fingerprint density at radius 1 is 1.31 bits per heavy atom. The predicted molar refractivity (Wildman–Crippen MR) is 94.1 cm³/mol. The van der Waals surface area contributed by atoms with Crippen LogP contribution in [0.15, 0.2) is 24.3 Å². The van der Waals surface area contributed by atoms with Crippen molar-refractivity contribution in [2.45, 2.75) is 43.3 Å². The first-order valence-electron chi connectivity index (χ1n) is 8.61. The Bertz CT molecular complexity index is 629. The van der Waals surface area contributed by atoms with E-state index in [1.807, 2.05) is 0 Å². The van der Waals surface area contributed by atoms with Crippen LogP contribution in [-0.2, 0) is 21.1 Å². The van der Waals surface area contributed by atoms with Crippen LogP contribution in [0.1, 0.15) is 36.8 Å². The minimum absolute atomic E-state index is 0. The van der Waals surface area contributed by atoms with Crippen LogP contribution >= 0.6 is 12.4 Å². The number of nitrogens with two attached hydrogens (primary N) is 1. The largest absolute Gasteiger partial charge is 0.416 e. The zero-order chi connectivity index (χ0) is 18.1. The number of nitrogens with one attached hydrogen (secondary N) is 1. The molecule has 3 rings (SSSR count). The molecule has 1 amide bonds. The number of carbonyl (C=O) groups is 1. The van der Waals surface area contributed by atoms with E-state index in [1.54, 1.807) is 6.07 Å². The summed E-state index contributed by atoms with van der Waals surface area (Å²) < 4.78 is 44.0. The van der Waals surface area contributed by atoms with Crippen molar-refractivity contribution in [3.63, 3.8) is 0 Å². The van der Waals surface area contributed by atoms with Crippen LogP contribution in [0.5, 0.6) is 0 Å². The fourth-order valence-electron chi connectivity index (χ4n) is 3.41.